The van der Waals surface area contributed by atoms with Crippen molar-refractivity contribution in [2.24, 2.45) is 0 Å². The van der Waals surface area contributed by atoms with Gasteiger partial charge in [0.25, 0.3) is 0 Å². The molecule has 0 atom stereocenters. The molecule has 0 aromatic heterocycles. The van der Waals surface area contributed by atoms with E-state index in [-0.39, 0.29) is 0 Å². The van der Waals surface area contributed by atoms with E-state index in [0.717, 1.165) is 51.9 Å². The fourth-order valence-electron chi connectivity index (χ4n) is 3.11. The number of allylic oxidation sites excluding steroid dienone is 2. The lowest BCUT2D eigenvalue weighted by Gasteiger charge is -2.38. The summed E-state index contributed by atoms with van der Waals surface area (Å²) in [6.45, 7) is 5.40. The average molecular weight is 283 g/mol. The van der Waals surface area contributed by atoms with Crippen LogP contribution >= 0.6 is 0 Å². The molecular weight excluding hydrogens is 258 g/mol. The highest BCUT2D eigenvalue weighted by Gasteiger charge is 2.43. The van der Waals surface area contributed by atoms with Crippen LogP contribution in [-0.2, 0) is 13.3 Å². The molecule has 3 aliphatic heterocycles. The third kappa shape index (κ3) is 3.67. The van der Waals surface area contributed by atoms with Gasteiger partial charge in [-0.15, -0.1) is 0 Å². The summed E-state index contributed by atoms with van der Waals surface area (Å²) in [7, 11) is -2.38. The molecule has 0 N–H and O–H groups in total. The highest BCUT2D eigenvalue weighted by Crippen LogP contribution is 2.28. The lowest BCUT2D eigenvalue weighted by molar-refractivity contribution is -0.00822. The maximum Gasteiger partial charge on any atom is 0.501 e. The fraction of sp³-hybridized carbons (Fsp3) is 0.857. The average Bonchev–Trinajstić information content (AvgIpc) is 2.37. The monoisotopic (exact) mass is 283 g/mol. The predicted molar refractivity (Wildman–Crippen MR) is 76.0 cm³/mol. The van der Waals surface area contributed by atoms with Gasteiger partial charge >= 0.3 is 8.80 Å². The van der Waals surface area contributed by atoms with Gasteiger partial charge < -0.3 is 13.3 Å². The smallest absolute Gasteiger partial charge is 0.372 e. The molecule has 0 spiro atoms. The number of rotatable bonds is 3. The summed E-state index contributed by atoms with van der Waals surface area (Å²) >= 11 is 0. The van der Waals surface area contributed by atoms with Gasteiger partial charge in [0.2, 0.25) is 0 Å². The zero-order valence-electron chi connectivity index (χ0n) is 11.7. The Labute approximate surface area is 117 Å². The molecule has 0 radical (unpaired) electrons. The van der Waals surface area contributed by atoms with Crippen molar-refractivity contribution in [3.8, 4) is 0 Å². The molecule has 4 rings (SSSR count). The van der Waals surface area contributed by atoms with Crippen molar-refractivity contribution in [1.82, 2.24) is 4.90 Å². The minimum atomic E-state index is -2.38. The van der Waals surface area contributed by atoms with Crippen LogP contribution in [0.2, 0.25) is 6.04 Å². The molecule has 0 aromatic rings. The van der Waals surface area contributed by atoms with Crippen LogP contribution < -0.4 is 0 Å². The second kappa shape index (κ2) is 6.50. The van der Waals surface area contributed by atoms with Gasteiger partial charge in [0.05, 0.1) is 19.8 Å². The summed E-state index contributed by atoms with van der Waals surface area (Å²) in [5, 5.41) is 0. The number of hydrogen-bond acceptors (Lipinski definition) is 4. The predicted octanol–water partition coefficient (Wildman–Crippen LogP) is 2.19. The summed E-state index contributed by atoms with van der Waals surface area (Å²) in [6, 6.07) is 0.971. The van der Waals surface area contributed by atoms with Gasteiger partial charge in [-0.05, 0) is 32.1 Å². The Morgan fingerprint density at radius 2 is 1.68 bits per heavy atom. The fourth-order valence-corrected chi connectivity index (χ4v) is 5.63. The molecule has 4 nitrogen and oxygen atoms in total. The van der Waals surface area contributed by atoms with Crippen LogP contribution in [0.4, 0.5) is 0 Å². The van der Waals surface area contributed by atoms with E-state index in [1.807, 2.05) is 0 Å². The number of nitrogens with zero attached hydrogens (tertiary/aromatic N) is 1. The molecule has 108 valence electrons. The second-order valence-electron chi connectivity index (χ2n) is 5.68. The first-order valence-corrected chi connectivity index (χ1v) is 9.62. The molecule has 3 fully saturated rings. The summed E-state index contributed by atoms with van der Waals surface area (Å²) in [5.74, 6) is 0. The van der Waals surface area contributed by atoms with E-state index < -0.39 is 8.80 Å². The Balaban J connectivity index is 1.60. The van der Waals surface area contributed by atoms with Crippen molar-refractivity contribution < 1.29 is 13.3 Å². The van der Waals surface area contributed by atoms with Crippen LogP contribution in [0.15, 0.2) is 11.6 Å². The Hall–Kier alpha value is -0.203. The summed E-state index contributed by atoms with van der Waals surface area (Å²) < 4.78 is 18.2. The van der Waals surface area contributed by atoms with Crippen LogP contribution in [0.1, 0.15) is 32.1 Å². The minimum absolute atomic E-state index is 0.769. The van der Waals surface area contributed by atoms with Gasteiger partial charge in [0, 0.05) is 25.7 Å². The van der Waals surface area contributed by atoms with E-state index in [1.165, 1.54) is 25.7 Å². The van der Waals surface area contributed by atoms with Gasteiger partial charge in [0.1, 0.15) is 0 Å². The van der Waals surface area contributed by atoms with Crippen molar-refractivity contribution in [2.45, 2.75) is 38.1 Å². The maximum absolute atomic E-state index is 6.06. The van der Waals surface area contributed by atoms with Crippen molar-refractivity contribution in [2.75, 3.05) is 39.5 Å². The van der Waals surface area contributed by atoms with Crippen molar-refractivity contribution in [1.29, 1.82) is 0 Å². The third-order valence-electron chi connectivity index (χ3n) is 4.33. The summed E-state index contributed by atoms with van der Waals surface area (Å²) in [4.78, 5) is 2.36. The first-order chi connectivity index (χ1) is 9.36. The van der Waals surface area contributed by atoms with Crippen LogP contribution in [0.5, 0.6) is 0 Å². The minimum Gasteiger partial charge on any atom is -0.372 e. The molecule has 5 heteroatoms. The lowest BCUT2D eigenvalue weighted by atomic mass is 9.98. The molecular formula is C14H25NO3Si. The maximum atomic E-state index is 6.06. The second-order valence-corrected chi connectivity index (χ2v) is 8.41. The first-order valence-electron chi connectivity index (χ1n) is 7.68. The normalized spacial score (nSPS) is 36.2. The van der Waals surface area contributed by atoms with Gasteiger partial charge in [-0.2, -0.15) is 0 Å². The van der Waals surface area contributed by atoms with Gasteiger partial charge in [-0.1, -0.05) is 11.6 Å². The standard InChI is InChI=1S/C14H25NO3Si/c1-2-4-14(5-3-1)6-13-19-16-10-7-15(8-11-17-19)9-12-18-19/h4H,1-3,5-13H2. The number of hydrogen-bond donors (Lipinski definition) is 0. The zero-order valence-corrected chi connectivity index (χ0v) is 12.7. The van der Waals surface area contributed by atoms with Crippen molar-refractivity contribution in [3.05, 3.63) is 11.6 Å². The SMILES string of the molecule is C1=C(CC[Si]23OCCN(CCO2)CCO3)CCCC1. The Kier molecular flexibility index (Phi) is 4.71. The molecule has 1 aliphatic carbocycles. The highest BCUT2D eigenvalue weighted by atomic mass is 28.4. The van der Waals surface area contributed by atoms with Crippen LogP contribution in [-0.4, -0.2) is 53.2 Å². The van der Waals surface area contributed by atoms with Gasteiger partial charge in [-0.25, -0.2) is 0 Å². The molecule has 2 bridgehead atoms. The Morgan fingerprint density at radius 1 is 1.00 bits per heavy atom. The van der Waals surface area contributed by atoms with Crippen LogP contribution in [0, 0.1) is 0 Å². The van der Waals surface area contributed by atoms with Gasteiger partial charge in [-0.3, -0.25) is 4.90 Å². The summed E-state index contributed by atoms with van der Waals surface area (Å²) in [6.07, 6.45) is 8.74. The van der Waals surface area contributed by atoms with E-state index in [4.69, 9.17) is 13.3 Å². The quantitative estimate of drug-likeness (QED) is 0.587. The number of fused-ring (bicyclic) bond motifs is 6. The molecule has 4 aliphatic rings. The van der Waals surface area contributed by atoms with E-state index >= 15 is 0 Å². The summed E-state index contributed by atoms with van der Waals surface area (Å²) in [5.41, 5.74) is 1.59. The third-order valence-corrected chi connectivity index (χ3v) is 7.12. The largest absolute Gasteiger partial charge is 0.501 e. The molecule has 0 saturated carbocycles. The van der Waals surface area contributed by atoms with E-state index in [2.05, 4.69) is 11.0 Å². The van der Waals surface area contributed by atoms with Gasteiger partial charge in [0.15, 0.2) is 0 Å². The van der Waals surface area contributed by atoms with E-state index in [0.29, 0.717) is 0 Å². The molecule has 0 aromatic carbocycles. The van der Waals surface area contributed by atoms with Crippen LogP contribution in [0.25, 0.3) is 0 Å². The Morgan fingerprint density at radius 3 is 2.26 bits per heavy atom. The van der Waals surface area contributed by atoms with E-state index in [1.54, 1.807) is 5.57 Å². The lowest BCUT2D eigenvalue weighted by Crippen LogP contribution is -2.55. The molecule has 0 amide bonds. The Bertz CT molecular complexity index is 308. The zero-order chi connectivity index (χ0) is 13.0. The highest BCUT2D eigenvalue weighted by molar-refractivity contribution is 6.60. The molecule has 19 heavy (non-hydrogen) atoms. The first kappa shape index (κ1) is 13.8. The molecule has 0 unspecified atom stereocenters. The topological polar surface area (TPSA) is 30.9 Å². The van der Waals surface area contributed by atoms with E-state index in [9.17, 15) is 0 Å². The van der Waals surface area contributed by atoms with Crippen LogP contribution in [0.3, 0.4) is 0 Å². The van der Waals surface area contributed by atoms with Crippen molar-refractivity contribution in [3.63, 3.8) is 0 Å². The van der Waals surface area contributed by atoms with Crippen molar-refractivity contribution >= 4 is 8.80 Å². The molecule has 3 saturated heterocycles. The molecule has 3 heterocycles.